The number of nitrogens with two attached hydrogens (primary N) is 1. The first-order valence-corrected chi connectivity index (χ1v) is 4.74. The quantitative estimate of drug-likeness (QED) is 0.358. The van der Waals surface area contributed by atoms with Gasteiger partial charge in [0, 0.05) is 13.0 Å². The van der Waals surface area contributed by atoms with Crippen molar-refractivity contribution in [1.29, 1.82) is 0 Å². The molecule has 0 aromatic rings. The zero-order valence-electron chi connectivity index (χ0n) is 8.84. The van der Waals surface area contributed by atoms with Gasteiger partial charge < -0.3 is 4.90 Å². The molecule has 0 unspecified atom stereocenters. The minimum absolute atomic E-state index is 0.0852. The van der Waals surface area contributed by atoms with Crippen molar-refractivity contribution in [2.24, 2.45) is 11.8 Å². The number of hydrogen-bond donors (Lipinski definition) is 2. The van der Waals surface area contributed by atoms with Crippen molar-refractivity contribution >= 4 is 5.91 Å². The fourth-order valence-corrected chi connectivity index (χ4v) is 1.30. The molecule has 0 aliphatic carbocycles. The van der Waals surface area contributed by atoms with E-state index in [1.807, 2.05) is 0 Å². The number of nitrogens with one attached hydrogen (secondary N) is 1. The van der Waals surface area contributed by atoms with E-state index in [4.69, 9.17) is 5.84 Å². The summed E-state index contributed by atoms with van der Waals surface area (Å²) in [6.07, 6.45) is 1.38. The van der Waals surface area contributed by atoms with Crippen LogP contribution in [-0.2, 0) is 4.79 Å². The van der Waals surface area contributed by atoms with Crippen LogP contribution in [-0.4, -0.2) is 30.9 Å². The number of hydrogen-bond acceptors (Lipinski definition) is 3. The van der Waals surface area contributed by atoms with Gasteiger partial charge in [-0.05, 0) is 25.9 Å². The van der Waals surface area contributed by atoms with Gasteiger partial charge in [0.05, 0.1) is 0 Å². The molecule has 78 valence electrons. The SMILES string of the molecule is CC(C)CN(C)CCCC(=O)NN. The Balaban J connectivity index is 3.36. The van der Waals surface area contributed by atoms with Crippen LogP contribution in [0.25, 0.3) is 0 Å². The van der Waals surface area contributed by atoms with Gasteiger partial charge in [0.15, 0.2) is 0 Å². The number of rotatable bonds is 6. The molecule has 13 heavy (non-hydrogen) atoms. The van der Waals surface area contributed by atoms with Gasteiger partial charge in [-0.15, -0.1) is 0 Å². The fraction of sp³-hybridized carbons (Fsp3) is 0.889. The number of carbonyl (C=O) groups excluding carboxylic acids is 1. The molecular weight excluding hydrogens is 166 g/mol. The molecule has 0 aliphatic heterocycles. The normalized spacial score (nSPS) is 10.9. The Bertz CT molecular complexity index is 148. The highest BCUT2D eigenvalue weighted by atomic mass is 16.2. The first kappa shape index (κ1) is 12.4. The second-order valence-corrected chi connectivity index (χ2v) is 3.83. The Morgan fingerprint density at radius 2 is 2.15 bits per heavy atom. The molecule has 0 saturated carbocycles. The lowest BCUT2D eigenvalue weighted by molar-refractivity contribution is -0.121. The van der Waals surface area contributed by atoms with Crippen LogP contribution in [0, 0.1) is 5.92 Å². The van der Waals surface area contributed by atoms with E-state index in [-0.39, 0.29) is 5.91 Å². The van der Waals surface area contributed by atoms with E-state index in [0.29, 0.717) is 12.3 Å². The number of amides is 1. The molecule has 4 heteroatoms. The minimum atomic E-state index is -0.0852. The van der Waals surface area contributed by atoms with E-state index in [9.17, 15) is 4.79 Å². The van der Waals surface area contributed by atoms with Crippen molar-refractivity contribution in [3.05, 3.63) is 0 Å². The molecule has 0 aliphatic rings. The Labute approximate surface area is 80.4 Å². The van der Waals surface area contributed by atoms with Gasteiger partial charge in [-0.25, -0.2) is 5.84 Å². The molecular formula is C9H21N3O. The van der Waals surface area contributed by atoms with Crippen molar-refractivity contribution in [1.82, 2.24) is 10.3 Å². The largest absolute Gasteiger partial charge is 0.306 e. The lowest BCUT2D eigenvalue weighted by Gasteiger charge is -2.18. The zero-order chi connectivity index (χ0) is 10.3. The molecule has 1 amide bonds. The minimum Gasteiger partial charge on any atom is -0.306 e. The van der Waals surface area contributed by atoms with Crippen LogP contribution in [0.5, 0.6) is 0 Å². The predicted molar refractivity (Wildman–Crippen MR) is 53.9 cm³/mol. The maximum Gasteiger partial charge on any atom is 0.233 e. The summed E-state index contributed by atoms with van der Waals surface area (Å²) in [7, 11) is 2.07. The van der Waals surface area contributed by atoms with Gasteiger partial charge >= 0.3 is 0 Å². The van der Waals surface area contributed by atoms with Crippen LogP contribution < -0.4 is 11.3 Å². The smallest absolute Gasteiger partial charge is 0.233 e. The van der Waals surface area contributed by atoms with E-state index >= 15 is 0 Å². The molecule has 0 heterocycles. The van der Waals surface area contributed by atoms with Gasteiger partial charge in [-0.1, -0.05) is 13.8 Å². The van der Waals surface area contributed by atoms with Gasteiger partial charge in [-0.2, -0.15) is 0 Å². The van der Waals surface area contributed by atoms with E-state index in [0.717, 1.165) is 19.5 Å². The number of carbonyl (C=O) groups is 1. The molecule has 4 nitrogen and oxygen atoms in total. The second kappa shape index (κ2) is 6.86. The average molecular weight is 187 g/mol. The third kappa shape index (κ3) is 7.74. The molecule has 0 aromatic carbocycles. The van der Waals surface area contributed by atoms with Crippen molar-refractivity contribution in [3.63, 3.8) is 0 Å². The van der Waals surface area contributed by atoms with Crippen LogP contribution in [0.1, 0.15) is 26.7 Å². The summed E-state index contributed by atoms with van der Waals surface area (Å²) in [4.78, 5) is 13.0. The standard InChI is InChI=1S/C9H21N3O/c1-8(2)7-12(3)6-4-5-9(13)11-10/h8H,4-7,10H2,1-3H3,(H,11,13). The molecule has 0 spiro atoms. The second-order valence-electron chi connectivity index (χ2n) is 3.83. The third-order valence-electron chi connectivity index (χ3n) is 1.78. The first-order chi connectivity index (χ1) is 6.06. The summed E-state index contributed by atoms with van der Waals surface area (Å²) < 4.78 is 0. The molecule has 0 saturated heterocycles. The summed E-state index contributed by atoms with van der Waals surface area (Å²) in [5, 5.41) is 0. The van der Waals surface area contributed by atoms with E-state index < -0.39 is 0 Å². The van der Waals surface area contributed by atoms with Crippen LogP contribution in [0.3, 0.4) is 0 Å². The summed E-state index contributed by atoms with van der Waals surface area (Å²) in [5.41, 5.74) is 2.12. The highest BCUT2D eigenvalue weighted by Crippen LogP contribution is 1.98. The summed E-state index contributed by atoms with van der Waals surface area (Å²) in [6, 6.07) is 0. The summed E-state index contributed by atoms with van der Waals surface area (Å²) in [6.45, 7) is 6.39. The van der Waals surface area contributed by atoms with E-state index in [1.165, 1.54) is 0 Å². The topological polar surface area (TPSA) is 58.4 Å². The van der Waals surface area contributed by atoms with Gasteiger partial charge in [0.1, 0.15) is 0 Å². The van der Waals surface area contributed by atoms with Crippen LogP contribution in [0.15, 0.2) is 0 Å². The fourth-order valence-electron chi connectivity index (χ4n) is 1.30. The lowest BCUT2D eigenvalue weighted by atomic mass is 10.2. The van der Waals surface area contributed by atoms with Crippen molar-refractivity contribution in [3.8, 4) is 0 Å². The number of hydrazine groups is 1. The van der Waals surface area contributed by atoms with Crippen molar-refractivity contribution in [2.75, 3.05) is 20.1 Å². The van der Waals surface area contributed by atoms with Gasteiger partial charge in [-0.3, -0.25) is 10.2 Å². The molecule has 3 N–H and O–H groups in total. The molecule has 0 atom stereocenters. The molecule has 0 fully saturated rings. The molecule has 0 radical (unpaired) electrons. The predicted octanol–water partition coefficient (Wildman–Crippen LogP) is 0.344. The highest BCUT2D eigenvalue weighted by molar-refractivity contribution is 5.75. The van der Waals surface area contributed by atoms with E-state index in [1.54, 1.807) is 0 Å². The van der Waals surface area contributed by atoms with Crippen LogP contribution in [0.2, 0.25) is 0 Å². The Morgan fingerprint density at radius 1 is 1.54 bits per heavy atom. The summed E-state index contributed by atoms with van der Waals surface area (Å²) in [5.74, 6) is 5.55. The lowest BCUT2D eigenvalue weighted by Crippen LogP contribution is -2.31. The van der Waals surface area contributed by atoms with Crippen molar-refractivity contribution < 1.29 is 4.79 Å². The van der Waals surface area contributed by atoms with Crippen LogP contribution in [0.4, 0.5) is 0 Å². The average Bonchev–Trinajstić information content (AvgIpc) is 2.02. The van der Waals surface area contributed by atoms with Gasteiger partial charge in [0.2, 0.25) is 5.91 Å². The van der Waals surface area contributed by atoms with Crippen molar-refractivity contribution in [2.45, 2.75) is 26.7 Å². The Hall–Kier alpha value is -0.610. The molecule has 0 aromatic heterocycles. The van der Waals surface area contributed by atoms with E-state index in [2.05, 4.69) is 31.2 Å². The summed E-state index contributed by atoms with van der Waals surface area (Å²) >= 11 is 0. The maximum absolute atomic E-state index is 10.8. The molecule has 0 bridgehead atoms. The highest BCUT2D eigenvalue weighted by Gasteiger charge is 2.03. The number of nitrogens with zero attached hydrogens (tertiary/aromatic N) is 1. The van der Waals surface area contributed by atoms with Gasteiger partial charge in [0.25, 0.3) is 0 Å². The first-order valence-electron chi connectivity index (χ1n) is 4.74. The monoisotopic (exact) mass is 187 g/mol. The third-order valence-corrected chi connectivity index (χ3v) is 1.78. The Morgan fingerprint density at radius 3 is 2.62 bits per heavy atom. The zero-order valence-corrected chi connectivity index (χ0v) is 8.84. The molecule has 0 rings (SSSR count). The Kier molecular flexibility index (Phi) is 6.54. The maximum atomic E-state index is 10.8. The van der Waals surface area contributed by atoms with Crippen LogP contribution >= 0.6 is 0 Å².